The quantitative estimate of drug-likeness (QED) is 0.241. The Hall–Kier alpha value is -3.38. The maximum absolute atomic E-state index is 2.34. The van der Waals surface area contributed by atoms with E-state index in [2.05, 4.69) is 98.8 Å². The van der Waals surface area contributed by atoms with Crippen molar-refractivity contribution in [2.24, 2.45) is 0 Å². The average Bonchev–Trinajstić information content (AvgIpc) is 2.72. The van der Waals surface area contributed by atoms with Gasteiger partial charge in [0.05, 0.1) is 0 Å². The van der Waals surface area contributed by atoms with Gasteiger partial charge in [-0.1, -0.05) is 96.1 Å². The summed E-state index contributed by atoms with van der Waals surface area (Å²) in [6, 6.07) is 31.7. The fraction of sp³-hybridized carbons (Fsp3) is 0.0714. The lowest BCUT2D eigenvalue weighted by Crippen LogP contribution is -1.86. The summed E-state index contributed by atoms with van der Waals surface area (Å²) in [5.41, 5.74) is 2.61. The SMILES string of the molecule is Cc1ccc2ccc3ccc4ccc5ccc6ccc(C)cc6c5c4c3c2c1. The van der Waals surface area contributed by atoms with Gasteiger partial charge in [0.2, 0.25) is 0 Å². The van der Waals surface area contributed by atoms with Crippen LogP contribution >= 0.6 is 0 Å². The number of fused-ring (bicyclic) bond motifs is 9. The molecule has 0 amide bonds. The second-order valence-corrected chi connectivity index (χ2v) is 8.01. The molecule has 132 valence electrons. The number of rotatable bonds is 0. The summed E-state index contributed by atoms with van der Waals surface area (Å²) in [5, 5.41) is 13.4. The largest absolute Gasteiger partial charge is 0.0587 e. The fourth-order valence-corrected chi connectivity index (χ4v) is 4.73. The highest BCUT2D eigenvalue weighted by atomic mass is 14.1. The Morgan fingerprint density at radius 2 is 0.679 bits per heavy atom. The van der Waals surface area contributed by atoms with Crippen molar-refractivity contribution in [1.82, 2.24) is 0 Å². The van der Waals surface area contributed by atoms with Crippen molar-refractivity contribution in [3.63, 3.8) is 0 Å². The minimum atomic E-state index is 1.30. The van der Waals surface area contributed by atoms with Crippen LogP contribution in [-0.2, 0) is 0 Å². The third-order valence-corrected chi connectivity index (χ3v) is 6.09. The van der Waals surface area contributed by atoms with Gasteiger partial charge in [-0.2, -0.15) is 0 Å². The van der Waals surface area contributed by atoms with Gasteiger partial charge in [-0.15, -0.1) is 0 Å². The number of aryl methyl sites for hydroxylation is 2. The zero-order chi connectivity index (χ0) is 18.8. The van der Waals surface area contributed by atoms with Crippen LogP contribution in [0.3, 0.4) is 0 Å². The molecule has 0 nitrogen and oxygen atoms in total. The van der Waals surface area contributed by atoms with Gasteiger partial charge in [-0.3, -0.25) is 0 Å². The second kappa shape index (κ2) is 5.56. The topological polar surface area (TPSA) is 0 Å². The van der Waals surface area contributed by atoms with Crippen molar-refractivity contribution in [2.45, 2.75) is 13.8 Å². The van der Waals surface area contributed by atoms with Crippen molar-refractivity contribution in [3.8, 4) is 0 Å². The molecule has 0 fully saturated rings. The average molecular weight is 356 g/mol. The lowest BCUT2D eigenvalue weighted by atomic mass is 9.90. The molecule has 0 saturated carbocycles. The fourth-order valence-electron chi connectivity index (χ4n) is 4.73. The first-order valence-corrected chi connectivity index (χ1v) is 9.87. The zero-order valence-corrected chi connectivity index (χ0v) is 16.1. The van der Waals surface area contributed by atoms with E-state index in [-0.39, 0.29) is 0 Å². The standard InChI is InChI=1S/C28H20/c1-17-3-5-19-7-9-21-11-13-23-14-12-22-10-8-20-6-4-18(2)16-25(20)27(22)28(23)26(21)24(19)15-17/h3-16H,1-2H3. The lowest BCUT2D eigenvalue weighted by molar-refractivity contribution is 1.51. The van der Waals surface area contributed by atoms with Crippen LogP contribution in [0.2, 0.25) is 0 Å². The van der Waals surface area contributed by atoms with E-state index in [1.54, 1.807) is 0 Å². The Balaban J connectivity index is 2.01. The maximum atomic E-state index is 2.34. The molecule has 0 aromatic heterocycles. The lowest BCUT2D eigenvalue weighted by Gasteiger charge is -2.13. The Morgan fingerprint density at radius 1 is 0.357 bits per heavy atom. The number of hydrogen-bond acceptors (Lipinski definition) is 0. The Morgan fingerprint density at radius 3 is 1.11 bits per heavy atom. The Bertz CT molecular complexity index is 1440. The van der Waals surface area contributed by atoms with Gasteiger partial charge >= 0.3 is 0 Å². The van der Waals surface area contributed by atoms with E-state index in [1.165, 1.54) is 65.0 Å². The van der Waals surface area contributed by atoms with Crippen LogP contribution in [0.5, 0.6) is 0 Å². The molecule has 0 heterocycles. The van der Waals surface area contributed by atoms with E-state index in [1.807, 2.05) is 0 Å². The van der Waals surface area contributed by atoms with E-state index < -0.39 is 0 Å². The van der Waals surface area contributed by atoms with Crippen LogP contribution in [0.25, 0.3) is 53.9 Å². The molecule has 0 saturated heterocycles. The summed E-state index contributed by atoms with van der Waals surface area (Å²) in [7, 11) is 0. The normalized spacial score (nSPS) is 11.9. The molecule has 0 N–H and O–H groups in total. The van der Waals surface area contributed by atoms with Crippen LogP contribution in [0.1, 0.15) is 11.1 Å². The molecule has 6 aromatic carbocycles. The van der Waals surface area contributed by atoms with E-state index in [9.17, 15) is 0 Å². The molecule has 0 bridgehead atoms. The summed E-state index contributed by atoms with van der Waals surface area (Å²) in [4.78, 5) is 0. The van der Waals surface area contributed by atoms with Gasteiger partial charge < -0.3 is 0 Å². The second-order valence-electron chi connectivity index (χ2n) is 8.01. The van der Waals surface area contributed by atoms with E-state index >= 15 is 0 Å². The first-order valence-electron chi connectivity index (χ1n) is 9.87. The highest BCUT2D eigenvalue weighted by molar-refractivity contribution is 6.32. The molecule has 0 heteroatoms. The van der Waals surface area contributed by atoms with Gasteiger partial charge in [0.15, 0.2) is 0 Å². The number of benzene rings is 6. The molecular weight excluding hydrogens is 336 g/mol. The smallest absolute Gasteiger partial charge is 0.00143 e. The van der Waals surface area contributed by atoms with Crippen molar-refractivity contribution in [3.05, 3.63) is 96.1 Å². The van der Waals surface area contributed by atoms with E-state index in [0.29, 0.717) is 0 Å². The first-order chi connectivity index (χ1) is 13.7. The van der Waals surface area contributed by atoms with Gasteiger partial charge in [0.1, 0.15) is 0 Å². The molecule has 6 aromatic rings. The summed E-state index contributed by atoms with van der Waals surface area (Å²) in [5.74, 6) is 0. The van der Waals surface area contributed by atoms with Crippen LogP contribution in [-0.4, -0.2) is 0 Å². The third kappa shape index (κ3) is 2.12. The molecule has 0 radical (unpaired) electrons. The van der Waals surface area contributed by atoms with Gasteiger partial charge in [0, 0.05) is 0 Å². The van der Waals surface area contributed by atoms with E-state index in [4.69, 9.17) is 0 Å². The summed E-state index contributed by atoms with van der Waals surface area (Å²) in [6.45, 7) is 4.36. The molecular formula is C28H20. The molecule has 28 heavy (non-hydrogen) atoms. The van der Waals surface area contributed by atoms with Gasteiger partial charge in [-0.25, -0.2) is 0 Å². The highest BCUT2D eigenvalue weighted by Crippen LogP contribution is 2.39. The monoisotopic (exact) mass is 356 g/mol. The predicted octanol–water partition coefficient (Wildman–Crippen LogP) is 8.07. The minimum absolute atomic E-state index is 1.30. The Kier molecular flexibility index (Phi) is 3.11. The van der Waals surface area contributed by atoms with Crippen molar-refractivity contribution in [2.75, 3.05) is 0 Å². The molecule has 0 aliphatic heterocycles. The molecule has 0 unspecified atom stereocenters. The third-order valence-electron chi connectivity index (χ3n) is 6.09. The molecule has 0 aliphatic rings. The van der Waals surface area contributed by atoms with Crippen molar-refractivity contribution >= 4 is 53.9 Å². The molecule has 0 aliphatic carbocycles. The molecule has 0 spiro atoms. The first kappa shape index (κ1) is 15.7. The van der Waals surface area contributed by atoms with Crippen molar-refractivity contribution < 1.29 is 0 Å². The van der Waals surface area contributed by atoms with Crippen LogP contribution < -0.4 is 0 Å². The summed E-state index contributed by atoms with van der Waals surface area (Å²) in [6.07, 6.45) is 0. The van der Waals surface area contributed by atoms with Crippen LogP contribution in [0.15, 0.2) is 84.9 Å². The summed E-state index contributed by atoms with van der Waals surface area (Å²) < 4.78 is 0. The highest BCUT2D eigenvalue weighted by Gasteiger charge is 2.11. The Labute approximate surface area is 164 Å². The summed E-state index contributed by atoms with van der Waals surface area (Å²) >= 11 is 0. The van der Waals surface area contributed by atoms with Gasteiger partial charge in [-0.05, 0) is 67.7 Å². The zero-order valence-electron chi connectivity index (χ0n) is 16.1. The minimum Gasteiger partial charge on any atom is -0.0587 e. The molecule has 0 atom stereocenters. The van der Waals surface area contributed by atoms with Crippen LogP contribution in [0, 0.1) is 13.8 Å². The maximum Gasteiger partial charge on any atom is -0.00143 e. The van der Waals surface area contributed by atoms with Crippen LogP contribution in [0.4, 0.5) is 0 Å². The van der Waals surface area contributed by atoms with Crippen molar-refractivity contribution in [1.29, 1.82) is 0 Å². The molecule has 6 rings (SSSR count). The van der Waals surface area contributed by atoms with Gasteiger partial charge in [0.25, 0.3) is 0 Å². The van der Waals surface area contributed by atoms with E-state index in [0.717, 1.165) is 0 Å². The number of hydrogen-bond donors (Lipinski definition) is 0. The predicted molar refractivity (Wildman–Crippen MR) is 123 cm³/mol.